The lowest BCUT2D eigenvalue weighted by Crippen LogP contribution is -2.54. The van der Waals surface area contributed by atoms with Crippen molar-refractivity contribution in [2.24, 2.45) is 0 Å². The maximum absolute atomic E-state index is 12.4. The molecule has 0 radical (unpaired) electrons. The van der Waals surface area contributed by atoms with Gasteiger partial charge in [0.05, 0.1) is 6.04 Å². The van der Waals surface area contributed by atoms with Crippen LogP contribution in [0.15, 0.2) is 48.7 Å². The van der Waals surface area contributed by atoms with Crippen molar-refractivity contribution >= 4 is 23.2 Å². The number of rotatable bonds is 6. The van der Waals surface area contributed by atoms with E-state index in [0.717, 1.165) is 49.0 Å². The number of hydrogen-bond donors (Lipinski definition) is 1. The second-order valence-corrected chi connectivity index (χ2v) is 6.98. The van der Waals surface area contributed by atoms with Gasteiger partial charge in [-0.3, -0.25) is 14.7 Å². The molecule has 0 saturated carbocycles. The second-order valence-electron chi connectivity index (χ2n) is 6.54. The van der Waals surface area contributed by atoms with Crippen molar-refractivity contribution < 1.29 is 4.79 Å². The highest BCUT2D eigenvalue weighted by Gasteiger charge is 2.25. The van der Waals surface area contributed by atoms with Crippen molar-refractivity contribution in [1.82, 2.24) is 15.2 Å². The Kier molecular flexibility index (Phi) is 6.47. The smallest absolute Gasteiger partial charge is 0.237 e. The highest BCUT2D eigenvalue weighted by molar-refractivity contribution is 6.30. The van der Waals surface area contributed by atoms with Gasteiger partial charge in [-0.05, 0) is 37.3 Å². The Morgan fingerprint density at radius 1 is 1.19 bits per heavy atom. The molecule has 2 heterocycles. The summed E-state index contributed by atoms with van der Waals surface area (Å²) >= 11 is 6.08. The van der Waals surface area contributed by atoms with Crippen molar-refractivity contribution in [2.75, 3.05) is 37.6 Å². The minimum Gasteiger partial charge on any atom is -0.369 e. The van der Waals surface area contributed by atoms with Crippen molar-refractivity contribution in [1.29, 1.82) is 0 Å². The number of pyridine rings is 1. The van der Waals surface area contributed by atoms with Crippen LogP contribution in [0.3, 0.4) is 0 Å². The van der Waals surface area contributed by atoms with Gasteiger partial charge in [-0.25, -0.2) is 0 Å². The molecule has 1 atom stereocenters. The highest BCUT2D eigenvalue weighted by atomic mass is 35.5. The van der Waals surface area contributed by atoms with E-state index in [4.69, 9.17) is 11.6 Å². The molecule has 1 amide bonds. The quantitative estimate of drug-likeness (QED) is 0.846. The molecule has 0 spiro atoms. The van der Waals surface area contributed by atoms with Crippen LogP contribution in [0, 0.1) is 0 Å². The molecule has 1 aromatic carbocycles. The number of nitrogens with zero attached hydrogens (tertiary/aromatic N) is 3. The minimum absolute atomic E-state index is 0.0807. The number of nitrogens with one attached hydrogen (secondary N) is 1. The summed E-state index contributed by atoms with van der Waals surface area (Å²) < 4.78 is 0. The van der Waals surface area contributed by atoms with Gasteiger partial charge in [-0.2, -0.15) is 0 Å². The number of carbonyl (C=O) groups is 1. The first-order valence-electron chi connectivity index (χ1n) is 9.05. The number of halogens is 1. The largest absolute Gasteiger partial charge is 0.369 e. The molecule has 0 unspecified atom stereocenters. The lowest BCUT2D eigenvalue weighted by Gasteiger charge is -2.38. The average molecular weight is 373 g/mol. The molecule has 1 saturated heterocycles. The molecule has 5 nitrogen and oxygen atoms in total. The lowest BCUT2D eigenvalue weighted by atomic mass is 10.2. The zero-order chi connectivity index (χ0) is 18.4. The van der Waals surface area contributed by atoms with Crippen molar-refractivity contribution in [3.8, 4) is 0 Å². The summed E-state index contributed by atoms with van der Waals surface area (Å²) in [5.74, 6) is 0.0807. The van der Waals surface area contributed by atoms with Crippen LogP contribution in [0.2, 0.25) is 5.02 Å². The molecule has 6 heteroatoms. The first kappa shape index (κ1) is 18.7. The Balaban J connectivity index is 1.44. The first-order chi connectivity index (χ1) is 12.6. The Bertz CT molecular complexity index is 717. The third kappa shape index (κ3) is 4.96. The average Bonchev–Trinajstić information content (AvgIpc) is 2.68. The van der Waals surface area contributed by atoms with Crippen LogP contribution in [-0.2, 0) is 11.2 Å². The molecule has 1 fully saturated rings. The van der Waals surface area contributed by atoms with Crippen LogP contribution in [0.1, 0.15) is 12.6 Å². The first-order valence-corrected chi connectivity index (χ1v) is 9.43. The topological polar surface area (TPSA) is 48.5 Å². The fourth-order valence-corrected chi connectivity index (χ4v) is 3.40. The van der Waals surface area contributed by atoms with E-state index in [2.05, 4.69) is 26.2 Å². The SMILES string of the molecule is C[C@@H](C(=O)NCCc1ccccn1)N1CCN(c2cccc(Cl)c2)CC1. The fourth-order valence-electron chi connectivity index (χ4n) is 3.21. The van der Waals surface area contributed by atoms with Gasteiger partial charge in [0.1, 0.15) is 0 Å². The van der Waals surface area contributed by atoms with Crippen LogP contribution < -0.4 is 10.2 Å². The fraction of sp³-hybridized carbons (Fsp3) is 0.400. The molecule has 1 N–H and O–H groups in total. The summed E-state index contributed by atoms with van der Waals surface area (Å²) in [7, 11) is 0. The van der Waals surface area contributed by atoms with Gasteiger partial charge in [0.2, 0.25) is 5.91 Å². The summed E-state index contributed by atoms with van der Waals surface area (Å²) in [6.07, 6.45) is 2.53. The van der Waals surface area contributed by atoms with Gasteiger partial charge in [0, 0.05) is 61.7 Å². The van der Waals surface area contributed by atoms with Gasteiger partial charge < -0.3 is 10.2 Å². The third-order valence-corrected chi connectivity index (χ3v) is 5.06. The second kappa shape index (κ2) is 9.01. The van der Waals surface area contributed by atoms with Crippen molar-refractivity contribution in [3.05, 3.63) is 59.4 Å². The number of anilines is 1. The third-order valence-electron chi connectivity index (χ3n) is 4.82. The Morgan fingerprint density at radius 3 is 2.69 bits per heavy atom. The van der Waals surface area contributed by atoms with Gasteiger partial charge in [0.15, 0.2) is 0 Å². The van der Waals surface area contributed by atoms with Crippen LogP contribution in [0.4, 0.5) is 5.69 Å². The lowest BCUT2D eigenvalue weighted by molar-refractivity contribution is -0.125. The minimum atomic E-state index is -0.125. The standard InChI is InChI=1S/C20H25ClN4O/c1-16(20(26)23-10-8-18-6-2-3-9-22-18)24-11-13-25(14-12-24)19-7-4-5-17(21)15-19/h2-7,9,15-16H,8,10-14H2,1H3,(H,23,26)/t16-/m0/s1. The number of aromatic nitrogens is 1. The highest BCUT2D eigenvalue weighted by Crippen LogP contribution is 2.21. The summed E-state index contributed by atoms with van der Waals surface area (Å²) in [6, 6.07) is 13.6. The summed E-state index contributed by atoms with van der Waals surface area (Å²) in [5.41, 5.74) is 2.14. The molecular formula is C20H25ClN4O. The molecule has 1 aliphatic rings. The molecule has 26 heavy (non-hydrogen) atoms. The maximum atomic E-state index is 12.4. The van der Waals surface area contributed by atoms with E-state index in [0.29, 0.717) is 6.54 Å². The van der Waals surface area contributed by atoms with E-state index in [9.17, 15) is 4.79 Å². The normalized spacial score (nSPS) is 16.3. The Labute approximate surface area is 160 Å². The van der Waals surface area contributed by atoms with E-state index in [1.165, 1.54) is 0 Å². The van der Waals surface area contributed by atoms with Gasteiger partial charge >= 0.3 is 0 Å². The Morgan fingerprint density at radius 2 is 2.00 bits per heavy atom. The van der Waals surface area contributed by atoms with E-state index in [1.807, 2.05) is 43.3 Å². The predicted molar refractivity (Wildman–Crippen MR) is 106 cm³/mol. The molecule has 1 aliphatic heterocycles. The number of benzene rings is 1. The van der Waals surface area contributed by atoms with Crippen LogP contribution in [-0.4, -0.2) is 54.6 Å². The van der Waals surface area contributed by atoms with E-state index < -0.39 is 0 Å². The summed E-state index contributed by atoms with van der Waals surface area (Å²) in [4.78, 5) is 21.2. The maximum Gasteiger partial charge on any atom is 0.237 e. The summed E-state index contributed by atoms with van der Waals surface area (Å²) in [6.45, 7) is 6.11. The number of carbonyl (C=O) groups excluding carboxylic acids is 1. The molecule has 1 aromatic heterocycles. The Hall–Kier alpha value is -2.11. The van der Waals surface area contributed by atoms with E-state index >= 15 is 0 Å². The van der Waals surface area contributed by atoms with E-state index in [-0.39, 0.29) is 11.9 Å². The van der Waals surface area contributed by atoms with Crippen molar-refractivity contribution in [3.63, 3.8) is 0 Å². The molecular weight excluding hydrogens is 348 g/mol. The van der Waals surface area contributed by atoms with Gasteiger partial charge in [-0.15, -0.1) is 0 Å². The monoisotopic (exact) mass is 372 g/mol. The van der Waals surface area contributed by atoms with Gasteiger partial charge in [-0.1, -0.05) is 23.7 Å². The molecule has 2 aromatic rings. The van der Waals surface area contributed by atoms with Crippen molar-refractivity contribution in [2.45, 2.75) is 19.4 Å². The van der Waals surface area contributed by atoms with E-state index in [1.54, 1.807) is 6.20 Å². The molecule has 0 bridgehead atoms. The molecule has 0 aliphatic carbocycles. The predicted octanol–water partition coefficient (Wildman–Crippen LogP) is 2.60. The zero-order valence-corrected chi connectivity index (χ0v) is 15.8. The van der Waals surface area contributed by atoms with Gasteiger partial charge in [0.25, 0.3) is 0 Å². The number of hydrogen-bond acceptors (Lipinski definition) is 4. The zero-order valence-electron chi connectivity index (χ0n) is 15.1. The van der Waals surface area contributed by atoms with Crippen LogP contribution >= 0.6 is 11.6 Å². The molecule has 138 valence electrons. The van der Waals surface area contributed by atoms with Crippen LogP contribution in [0.25, 0.3) is 0 Å². The molecule has 3 rings (SSSR count). The number of amides is 1. The number of piperazine rings is 1. The van der Waals surface area contributed by atoms with Crippen LogP contribution in [0.5, 0.6) is 0 Å². The summed E-state index contributed by atoms with van der Waals surface area (Å²) in [5, 5.41) is 3.78.